The van der Waals surface area contributed by atoms with Crippen LogP contribution in [0.1, 0.15) is 0 Å². The van der Waals surface area contributed by atoms with E-state index in [0.717, 1.165) is 5.56 Å². The van der Waals surface area contributed by atoms with Gasteiger partial charge in [-0.1, -0.05) is 0 Å². The summed E-state index contributed by atoms with van der Waals surface area (Å²) in [7, 11) is 3.23. The first-order valence-corrected chi connectivity index (χ1v) is 4.33. The van der Waals surface area contributed by atoms with Crippen molar-refractivity contribution in [1.82, 2.24) is 19.7 Å². The number of nitrogens with zero attached hydrogens (tertiary/aromatic N) is 3. The number of hydrogen-bond donors (Lipinski definition) is 1. The monoisotopic (exact) mass is 206 g/mol. The first-order valence-electron chi connectivity index (χ1n) is 4.33. The summed E-state index contributed by atoms with van der Waals surface area (Å²) in [6, 6.07) is 0. The molecule has 78 valence electrons. The van der Waals surface area contributed by atoms with Crippen molar-refractivity contribution in [2.45, 2.75) is 0 Å². The van der Waals surface area contributed by atoms with E-state index in [1.54, 1.807) is 24.1 Å². The first kappa shape index (κ1) is 9.45. The molecule has 0 aliphatic rings. The van der Waals surface area contributed by atoms with E-state index in [2.05, 4.69) is 15.1 Å². The molecule has 6 nitrogen and oxygen atoms in total. The summed E-state index contributed by atoms with van der Waals surface area (Å²) in [6.45, 7) is 0. The molecule has 6 heteroatoms. The van der Waals surface area contributed by atoms with Gasteiger partial charge >= 0.3 is 0 Å². The van der Waals surface area contributed by atoms with Crippen LogP contribution in [0.2, 0.25) is 0 Å². The predicted octanol–water partition coefficient (Wildman–Crippen LogP) is 0.179. The van der Waals surface area contributed by atoms with Crippen molar-refractivity contribution < 1.29 is 4.74 Å². The number of aryl methyl sites for hydroxylation is 1. The van der Waals surface area contributed by atoms with Crippen LogP contribution in [0.25, 0.3) is 11.3 Å². The lowest BCUT2D eigenvalue weighted by atomic mass is 10.2. The molecule has 0 unspecified atom stereocenters. The predicted molar refractivity (Wildman–Crippen MR) is 53.6 cm³/mol. The fourth-order valence-electron chi connectivity index (χ4n) is 1.33. The van der Waals surface area contributed by atoms with Crippen LogP contribution in [0.5, 0.6) is 5.75 Å². The molecular formula is C9H10N4O2. The standard InChI is InChI=1S/C9H10N4O2/c1-13-4-6(3-12-13)7-8(15-2)9(14)11-5-10-7/h3-5H,1-2H3,(H,10,11,14). The Labute approximate surface area is 85.5 Å². The highest BCUT2D eigenvalue weighted by molar-refractivity contribution is 5.63. The second-order valence-corrected chi connectivity index (χ2v) is 3.02. The topological polar surface area (TPSA) is 72.8 Å². The molecule has 0 aromatic carbocycles. The number of aromatic nitrogens is 4. The Hall–Kier alpha value is -2.11. The SMILES string of the molecule is COc1c(-c2cnn(C)c2)nc[nH]c1=O. The first-order chi connectivity index (χ1) is 7.22. The summed E-state index contributed by atoms with van der Waals surface area (Å²) in [5.74, 6) is 0.200. The zero-order valence-electron chi connectivity index (χ0n) is 8.39. The molecule has 0 saturated heterocycles. The zero-order chi connectivity index (χ0) is 10.8. The molecule has 2 aromatic heterocycles. The van der Waals surface area contributed by atoms with Gasteiger partial charge in [0.2, 0.25) is 5.75 Å². The van der Waals surface area contributed by atoms with E-state index in [4.69, 9.17) is 4.74 Å². The van der Waals surface area contributed by atoms with E-state index < -0.39 is 0 Å². The van der Waals surface area contributed by atoms with Crippen LogP contribution >= 0.6 is 0 Å². The van der Waals surface area contributed by atoms with Crippen molar-refractivity contribution in [2.24, 2.45) is 7.05 Å². The van der Waals surface area contributed by atoms with Crippen molar-refractivity contribution in [3.63, 3.8) is 0 Å². The van der Waals surface area contributed by atoms with E-state index in [0.29, 0.717) is 5.69 Å². The molecule has 2 heterocycles. The van der Waals surface area contributed by atoms with Crippen molar-refractivity contribution in [2.75, 3.05) is 7.11 Å². The van der Waals surface area contributed by atoms with Gasteiger partial charge < -0.3 is 9.72 Å². The van der Waals surface area contributed by atoms with Crippen molar-refractivity contribution >= 4 is 0 Å². The van der Waals surface area contributed by atoms with Crippen LogP contribution in [0.3, 0.4) is 0 Å². The van der Waals surface area contributed by atoms with Crippen LogP contribution in [-0.4, -0.2) is 26.9 Å². The number of ether oxygens (including phenoxy) is 1. The molecule has 0 radical (unpaired) electrons. The molecule has 1 N–H and O–H groups in total. The zero-order valence-corrected chi connectivity index (χ0v) is 8.39. The lowest BCUT2D eigenvalue weighted by Crippen LogP contribution is -2.10. The molecule has 0 bridgehead atoms. The number of nitrogens with one attached hydrogen (secondary N) is 1. The average molecular weight is 206 g/mol. The molecule has 0 aliphatic carbocycles. The molecule has 0 spiro atoms. The maximum absolute atomic E-state index is 11.4. The number of methoxy groups -OCH3 is 1. The van der Waals surface area contributed by atoms with Crippen LogP contribution in [0, 0.1) is 0 Å². The summed E-state index contributed by atoms with van der Waals surface area (Å²) in [5, 5.41) is 4.01. The van der Waals surface area contributed by atoms with E-state index in [1.807, 2.05) is 0 Å². The second-order valence-electron chi connectivity index (χ2n) is 3.02. The normalized spacial score (nSPS) is 10.3. The largest absolute Gasteiger partial charge is 0.490 e. The van der Waals surface area contributed by atoms with Crippen molar-refractivity contribution in [3.8, 4) is 17.0 Å². The highest BCUT2D eigenvalue weighted by Gasteiger charge is 2.12. The van der Waals surface area contributed by atoms with E-state index >= 15 is 0 Å². The molecule has 0 aliphatic heterocycles. The van der Waals surface area contributed by atoms with E-state index in [1.165, 1.54) is 13.4 Å². The second kappa shape index (κ2) is 3.56. The highest BCUT2D eigenvalue weighted by Crippen LogP contribution is 2.22. The lowest BCUT2D eigenvalue weighted by Gasteiger charge is -2.02. The molecule has 0 saturated carbocycles. The Morgan fingerprint density at radius 2 is 2.33 bits per heavy atom. The molecule has 0 amide bonds. The smallest absolute Gasteiger partial charge is 0.293 e. The minimum Gasteiger partial charge on any atom is -0.490 e. The maximum atomic E-state index is 11.4. The summed E-state index contributed by atoms with van der Waals surface area (Å²) < 4.78 is 6.63. The molecule has 2 aromatic rings. The van der Waals surface area contributed by atoms with Gasteiger partial charge in [-0.25, -0.2) is 4.98 Å². The summed E-state index contributed by atoms with van der Waals surface area (Å²) in [6.07, 6.45) is 4.74. The van der Waals surface area contributed by atoms with Gasteiger partial charge in [0, 0.05) is 18.8 Å². The van der Waals surface area contributed by atoms with Crippen molar-refractivity contribution in [1.29, 1.82) is 0 Å². The van der Waals surface area contributed by atoms with Gasteiger partial charge in [0.1, 0.15) is 5.69 Å². The van der Waals surface area contributed by atoms with Gasteiger partial charge in [-0.3, -0.25) is 9.48 Å². The van der Waals surface area contributed by atoms with Crippen molar-refractivity contribution in [3.05, 3.63) is 29.1 Å². The van der Waals surface area contributed by atoms with Crippen LogP contribution in [0.15, 0.2) is 23.5 Å². The minimum atomic E-state index is -0.300. The highest BCUT2D eigenvalue weighted by atomic mass is 16.5. The van der Waals surface area contributed by atoms with Gasteiger partial charge in [-0.15, -0.1) is 0 Å². The summed E-state index contributed by atoms with van der Waals surface area (Å²) in [5.41, 5.74) is 0.946. The summed E-state index contributed by atoms with van der Waals surface area (Å²) >= 11 is 0. The van der Waals surface area contributed by atoms with Crippen LogP contribution in [0.4, 0.5) is 0 Å². The fraction of sp³-hybridized carbons (Fsp3) is 0.222. The fourth-order valence-corrected chi connectivity index (χ4v) is 1.33. The van der Waals surface area contributed by atoms with Crippen LogP contribution < -0.4 is 10.3 Å². The molecule has 0 fully saturated rings. The van der Waals surface area contributed by atoms with Gasteiger partial charge in [0.05, 0.1) is 19.6 Å². The number of H-pyrrole nitrogens is 1. The Morgan fingerprint density at radius 3 is 2.93 bits per heavy atom. The summed E-state index contributed by atoms with van der Waals surface area (Å²) in [4.78, 5) is 17.9. The van der Waals surface area contributed by atoms with Crippen LogP contribution in [-0.2, 0) is 7.05 Å². The minimum absolute atomic E-state index is 0.200. The van der Waals surface area contributed by atoms with Gasteiger partial charge in [0.25, 0.3) is 5.56 Å². The Balaban J connectivity index is 2.62. The lowest BCUT2D eigenvalue weighted by molar-refractivity contribution is 0.408. The average Bonchev–Trinajstić information content (AvgIpc) is 2.64. The Morgan fingerprint density at radius 1 is 1.53 bits per heavy atom. The Bertz CT molecular complexity index is 529. The number of hydrogen-bond acceptors (Lipinski definition) is 4. The van der Waals surface area contributed by atoms with E-state index in [9.17, 15) is 4.79 Å². The molecular weight excluding hydrogens is 196 g/mol. The maximum Gasteiger partial charge on any atom is 0.293 e. The molecule has 2 rings (SSSR count). The quantitative estimate of drug-likeness (QED) is 0.760. The molecule has 15 heavy (non-hydrogen) atoms. The third-order valence-corrected chi connectivity index (χ3v) is 1.99. The Kier molecular flexibility index (Phi) is 2.24. The number of rotatable bonds is 2. The number of aromatic amines is 1. The van der Waals surface area contributed by atoms with Gasteiger partial charge in [-0.2, -0.15) is 5.10 Å². The third kappa shape index (κ3) is 1.61. The van der Waals surface area contributed by atoms with Gasteiger partial charge in [-0.05, 0) is 0 Å². The molecule has 0 atom stereocenters. The van der Waals surface area contributed by atoms with Gasteiger partial charge in [0.15, 0.2) is 0 Å². The van der Waals surface area contributed by atoms with E-state index in [-0.39, 0.29) is 11.3 Å². The third-order valence-electron chi connectivity index (χ3n) is 1.99.